The zero-order chi connectivity index (χ0) is 12.1. The van der Waals surface area contributed by atoms with E-state index in [1.807, 2.05) is 6.92 Å². The average Bonchev–Trinajstić information content (AvgIpc) is 2.27. The summed E-state index contributed by atoms with van der Waals surface area (Å²) in [4.78, 5) is 23.7. The van der Waals surface area contributed by atoms with E-state index in [2.05, 4.69) is 0 Å². The lowest BCUT2D eigenvalue weighted by Gasteiger charge is -2.52. The summed E-state index contributed by atoms with van der Waals surface area (Å²) >= 11 is 0. The van der Waals surface area contributed by atoms with Gasteiger partial charge in [0.25, 0.3) is 0 Å². The molecule has 3 aliphatic rings. The van der Waals surface area contributed by atoms with Crippen molar-refractivity contribution in [2.24, 2.45) is 23.2 Å². The number of hydrogen-bond acceptors (Lipinski definition) is 4. The summed E-state index contributed by atoms with van der Waals surface area (Å²) in [7, 11) is 1.37. The number of rotatable bonds is 1. The fourth-order valence-electron chi connectivity index (χ4n) is 3.37. The molecule has 5 atom stereocenters. The first kappa shape index (κ1) is 11.6. The molecule has 0 unspecified atom stereocenters. The highest BCUT2D eigenvalue weighted by molar-refractivity contribution is 5.91. The monoisotopic (exact) mass is 226 g/mol. The molecule has 4 heteroatoms. The molecule has 3 saturated carbocycles. The Balaban J connectivity index is 2.33. The average molecular weight is 226 g/mol. The predicted octanol–water partition coefficient (Wildman–Crippen LogP) is 0.772. The number of Topliss-reactive ketones (excluding diaryl/α,β-unsaturated/α-hetero) is 1. The largest absolute Gasteiger partial charge is 0.469 e. The van der Waals surface area contributed by atoms with E-state index in [1.165, 1.54) is 7.11 Å². The maximum absolute atomic E-state index is 12.1. The Morgan fingerprint density at radius 2 is 2.19 bits per heavy atom. The summed E-state index contributed by atoms with van der Waals surface area (Å²) in [6.45, 7) is 3.62. The molecule has 16 heavy (non-hydrogen) atoms. The molecule has 3 fully saturated rings. The van der Waals surface area contributed by atoms with Crippen LogP contribution in [-0.2, 0) is 14.3 Å². The minimum absolute atomic E-state index is 0.0585. The van der Waals surface area contributed by atoms with E-state index in [1.54, 1.807) is 6.92 Å². The Kier molecular flexibility index (Phi) is 2.57. The number of fused-ring (bicyclic) bond motifs is 3. The van der Waals surface area contributed by atoms with Gasteiger partial charge in [0.1, 0.15) is 5.78 Å². The Hall–Kier alpha value is -0.900. The van der Waals surface area contributed by atoms with Crippen LogP contribution < -0.4 is 0 Å². The van der Waals surface area contributed by atoms with Crippen molar-refractivity contribution in [2.75, 3.05) is 7.11 Å². The van der Waals surface area contributed by atoms with Gasteiger partial charge in [0.05, 0.1) is 24.5 Å². The summed E-state index contributed by atoms with van der Waals surface area (Å²) in [5, 5.41) is 9.95. The van der Waals surface area contributed by atoms with Crippen LogP contribution in [0.2, 0.25) is 0 Å². The molecule has 90 valence electrons. The van der Waals surface area contributed by atoms with Crippen molar-refractivity contribution in [3.8, 4) is 0 Å². The topological polar surface area (TPSA) is 63.6 Å². The van der Waals surface area contributed by atoms with Crippen LogP contribution in [0.15, 0.2) is 0 Å². The van der Waals surface area contributed by atoms with Crippen LogP contribution in [0.5, 0.6) is 0 Å². The molecular formula is C12H18O4. The van der Waals surface area contributed by atoms with Crippen LogP contribution in [0, 0.1) is 23.2 Å². The van der Waals surface area contributed by atoms with Crippen molar-refractivity contribution in [1.29, 1.82) is 0 Å². The number of ketones is 1. The smallest absolute Gasteiger partial charge is 0.308 e. The molecule has 0 aromatic rings. The second-order valence-electron chi connectivity index (χ2n) is 5.32. The van der Waals surface area contributed by atoms with Gasteiger partial charge < -0.3 is 9.84 Å². The lowest BCUT2D eigenvalue weighted by atomic mass is 9.51. The van der Waals surface area contributed by atoms with E-state index < -0.39 is 11.5 Å². The van der Waals surface area contributed by atoms with Gasteiger partial charge in [-0.3, -0.25) is 9.59 Å². The zero-order valence-electron chi connectivity index (χ0n) is 9.90. The van der Waals surface area contributed by atoms with Crippen molar-refractivity contribution in [1.82, 2.24) is 0 Å². The SMILES string of the molecule is COC(=O)[C@@H]1C[C@]2(C)C(=O)[C@@H](C)[C@H]1C[C@H]2O. The normalized spacial score (nSPS) is 46.9. The summed E-state index contributed by atoms with van der Waals surface area (Å²) in [5.74, 6) is -0.590. The highest BCUT2D eigenvalue weighted by Crippen LogP contribution is 2.53. The molecule has 0 aliphatic heterocycles. The molecule has 0 saturated heterocycles. The number of hydrogen-bond donors (Lipinski definition) is 1. The van der Waals surface area contributed by atoms with Crippen molar-refractivity contribution >= 4 is 11.8 Å². The molecule has 0 amide bonds. The molecule has 1 N–H and O–H groups in total. The fraction of sp³-hybridized carbons (Fsp3) is 0.833. The van der Waals surface area contributed by atoms with E-state index in [4.69, 9.17) is 4.74 Å². The molecule has 3 aliphatic carbocycles. The van der Waals surface area contributed by atoms with Crippen molar-refractivity contribution in [2.45, 2.75) is 32.8 Å². The van der Waals surface area contributed by atoms with E-state index >= 15 is 0 Å². The molecular weight excluding hydrogens is 208 g/mol. The summed E-state index contributed by atoms with van der Waals surface area (Å²) < 4.78 is 4.77. The number of methoxy groups -OCH3 is 1. The van der Waals surface area contributed by atoms with E-state index in [-0.39, 0.29) is 29.5 Å². The standard InChI is InChI=1S/C12H18O4/c1-6-7-4-9(13)12(2,10(6)14)5-8(7)11(15)16-3/h6-9,13H,4-5H2,1-3H3/t6-,7+,8+,9+,12-/m0/s1. The minimum Gasteiger partial charge on any atom is -0.469 e. The summed E-state index contributed by atoms with van der Waals surface area (Å²) in [6, 6.07) is 0. The Labute approximate surface area is 95.0 Å². The van der Waals surface area contributed by atoms with E-state index in [9.17, 15) is 14.7 Å². The Bertz CT molecular complexity index is 338. The van der Waals surface area contributed by atoms with Gasteiger partial charge in [-0.05, 0) is 18.8 Å². The molecule has 0 radical (unpaired) electrons. The van der Waals surface area contributed by atoms with Crippen LogP contribution in [0.25, 0.3) is 0 Å². The highest BCUT2D eigenvalue weighted by Gasteiger charge is 2.59. The van der Waals surface area contributed by atoms with Gasteiger partial charge in [0, 0.05) is 5.92 Å². The van der Waals surface area contributed by atoms with Gasteiger partial charge in [-0.25, -0.2) is 0 Å². The third-order valence-corrected chi connectivity index (χ3v) is 4.51. The maximum Gasteiger partial charge on any atom is 0.308 e. The molecule has 0 aromatic carbocycles. The molecule has 0 spiro atoms. The van der Waals surface area contributed by atoms with E-state index in [0.29, 0.717) is 12.8 Å². The van der Waals surface area contributed by atoms with Gasteiger partial charge in [-0.2, -0.15) is 0 Å². The lowest BCUT2D eigenvalue weighted by molar-refractivity contribution is -0.176. The number of aliphatic hydroxyl groups excluding tert-OH is 1. The second kappa shape index (κ2) is 3.55. The number of ether oxygens (including phenoxy) is 1. The molecule has 3 rings (SSSR count). The van der Waals surface area contributed by atoms with Crippen molar-refractivity contribution < 1.29 is 19.4 Å². The number of aliphatic hydroxyl groups is 1. The van der Waals surface area contributed by atoms with Crippen LogP contribution in [0.4, 0.5) is 0 Å². The third-order valence-electron chi connectivity index (χ3n) is 4.51. The quantitative estimate of drug-likeness (QED) is 0.671. The van der Waals surface area contributed by atoms with Gasteiger partial charge >= 0.3 is 5.97 Å². The molecule has 4 nitrogen and oxygen atoms in total. The third kappa shape index (κ3) is 1.32. The van der Waals surface area contributed by atoms with Gasteiger partial charge in [-0.1, -0.05) is 13.8 Å². The minimum atomic E-state index is -0.757. The Morgan fingerprint density at radius 3 is 2.75 bits per heavy atom. The van der Waals surface area contributed by atoms with Gasteiger partial charge in [0.15, 0.2) is 0 Å². The fourth-order valence-corrected chi connectivity index (χ4v) is 3.37. The first-order valence-corrected chi connectivity index (χ1v) is 5.72. The second-order valence-corrected chi connectivity index (χ2v) is 5.32. The predicted molar refractivity (Wildman–Crippen MR) is 56.5 cm³/mol. The van der Waals surface area contributed by atoms with Crippen molar-refractivity contribution in [3.05, 3.63) is 0 Å². The first-order chi connectivity index (χ1) is 7.41. The summed E-state index contributed by atoms with van der Waals surface area (Å²) in [6.07, 6.45) is 0.347. The highest BCUT2D eigenvalue weighted by atomic mass is 16.5. The summed E-state index contributed by atoms with van der Waals surface area (Å²) in [5.41, 5.74) is -0.757. The Morgan fingerprint density at radius 1 is 1.56 bits per heavy atom. The molecule has 0 heterocycles. The molecule has 2 bridgehead atoms. The number of esters is 1. The first-order valence-electron chi connectivity index (χ1n) is 5.72. The van der Waals surface area contributed by atoms with Crippen LogP contribution in [0.3, 0.4) is 0 Å². The number of carbonyl (C=O) groups is 2. The maximum atomic E-state index is 12.1. The lowest BCUT2D eigenvalue weighted by Crippen LogP contribution is -2.59. The molecule has 0 aromatic heterocycles. The van der Waals surface area contributed by atoms with Crippen LogP contribution in [-0.4, -0.2) is 30.1 Å². The number of carbonyl (C=O) groups excluding carboxylic acids is 2. The van der Waals surface area contributed by atoms with Gasteiger partial charge in [0.2, 0.25) is 0 Å². The van der Waals surface area contributed by atoms with E-state index in [0.717, 1.165) is 0 Å². The van der Waals surface area contributed by atoms with Crippen LogP contribution >= 0.6 is 0 Å². The van der Waals surface area contributed by atoms with Crippen LogP contribution in [0.1, 0.15) is 26.7 Å². The van der Waals surface area contributed by atoms with Gasteiger partial charge in [-0.15, -0.1) is 0 Å². The van der Waals surface area contributed by atoms with Crippen molar-refractivity contribution in [3.63, 3.8) is 0 Å². The zero-order valence-corrected chi connectivity index (χ0v) is 9.90.